The third-order valence-corrected chi connectivity index (χ3v) is 4.45. The Balaban J connectivity index is 1.81. The zero-order chi connectivity index (χ0) is 13.2. The summed E-state index contributed by atoms with van der Waals surface area (Å²) in [7, 11) is 0. The SMILES string of the molecule is CC(C)CNCC1CCC1N1CCOCC1(C)C. The largest absolute Gasteiger partial charge is 0.378 e. The molecule has 0 radical (unpaired) electrons. The van der Waals surface area contributed by atoms with Gasteiger partial charge in [-0.05, 0) is 51.6 Å². The van der Waals surface area contributed by atoms with Gasteiger partial charge in [-0.2, -0.15) is 0 Å². The maximum absolute atomic E-state index is 5.62. The summed E-state index contributed by atoms with van der Waals surface area (Å²) in [5, 5.41) is 3.63. The molecule has 1 heterocycles. The molecule has 1 N–H and O–H groups in total. The minimum absolute atomic E-state index is 0.222. The lowest BCUT2D eigenvalue weighted by atomic mass is 9.76. The van der Waals surface area contributed by atoms with E-state index in [-0.39, 0.29) is 5.54 Å². The molecule has 2 rings (SSSR count). The van der Waals surface area contributed by atoms with Crippen LogP contribution in [-0.4, -0.2) is 49.3 Å². The third kappa shape index (κ3) is 3.25. The van der Waals surface area contributed by atoms with Gasteiger partial charge in [-0.15, -0.1) is 0 Å². The van der Waals surface area contributed by atoms with Crippen molar-refractivity contribution in [1.82, 2.24) is 10.2 Å². The quantitative estimate of drug-likeness (QED) is 0.813. The molecule has 3 nitrogen and oxygen atoms in total. The molecule has 0 amide bonds. The van der Waals surface area contributed by atoms with E-state index in [0.717, 1.165) is 44.2 Å². The van der Waals surface area contributed by atoms with Gasteiger partial charge in [0, 0.05) is 18.1 Å². The second-order valence-corrected chi connectivity index (χ2v) is 7.02. The van der Waals surface area contributed by atoms with Gasteiger partial charge in [-0.25, -0.2) is 0 Å². The van der Waals surface area contributed by atoms with E-state index in [1.165, 1.54) is 19.4 Å². The van der Waals surface area contributed by atoms with Crippen LogP contribution in [0.2, 0.25) is 0 Å². The number of nitrogens with one attached hydrogen (secondary N) is 1. The highest BCUT2D eigenvalue weighted by molar-refractivity contribution is 4.97. The van der Waals surface area contributed by atoms with E-state index in [1.54, 1.807) is 0 Å². The predicted molar refractivity (Wildman–Crippen MR) is 75.8 cm³/mol. The summed E-state index contributed by atoms with van der Waals surface area (Å²) in [6.07, 6.45) is 2.76. The van der Waals surface area contributed by atoms with Crippen LogP contribution in [0.3, 0.4) is 0 Å². The number of ether oxygens (including phenoxy) is 1. The molecule has 2 atom stereocenters. The second-order valence-electron chi connectivity index (χ2n) is 7.02. The van der Waals surface area contributed by atoms with Crippen molar-refractivity contribution in [3.63, 3.8) is 0 Å². The Kier molecular flexibility index (Phi) is 4.68. The summed E-state index contributed by atoms with van der Waals surface area (Å²) in [4.78, 5) is 2.70. The zero-order valence-electron chi connectivity index (χ0n) is 12.5. The maximum Gasteiger partial charge on any atom is 0.0645 e. The average Bonchev–Trinajstić information content (AvgIpc) is 2.25. The van der Waals surface area contributed by atoms with Crippen molar-refractivity contribution in [2.75, 3.05) is 32.8 Å². The topological polar surface area (TPSA) is 24.5 Å². The molecular weight excluding hydrogens is 224 g/mol. The highest BCUT2D eigenvalue weighted by Crippen LogP contribution is 2.36. The number of hydrogen-bond donors (Lipinski definition) is 1. The summed E-state index contributed by atoms with van der Waals surface area (Å²) in [5.74, 6) is 1.60. The lowest BCUT2D eigenvalue weighted by molar-refractivity contribution is -0.103. The lowest BCUT2D eigenvalue weighted by Crippen LogP contribution is -2.62. The van der Waals surface area contributed by atoms with E-state index < -0.39 is 0 Å². The van der Waals surface area contributed by atoms with Crippen molar-refractivity contribution in [2.24, 2.45) is 11.8 Å². The van der Waals surface area contributed by atoms with Crippen LogP contribution in [0.1, 0.15) is 40.5 Å². The van der Waals surface area contributed by atoms with Crippen LogP contribution in [0.5, 0.6) is 0 Å². The van der Waals surface area contributed by atoms with Crippen molar-refractivity contribution >= 4 is 0 Å². The monoisotopic (exact) mass is 254 g/mol. The van der Waals surface area contributed by atoms with Crippen LogP contribution < -0.4 is 5.32 Å². The molecule has 0 spiro atoms. The van der Waals surface area contributed by atoms with Crippen molar-refractivity contribution in [2.45, 2.75) is 52.1 Å². The predicted octanol–water partition coefficient (Wildman–Crippen LogP) is 2.12. The fourth-order valence-corrected chi connectivity index (χ4v) is 3.24. The molecule has 2 unspecified atom stereocenters. The fourth-order valence-electron chi connectivity index (χ4n) is 3.24. The van der Waals surface area contributed by atoms with Crippen molar-refractivity contribution < 1.29 is 4.74 Å². The maximum atomic E-state index is 5.62. The van der Waals surface area contributed by atoms with E-state index in [9.17, 15) is 0 Å². The van der Waals surface area contributed by atoms with Gasteiger partial charge in [-0.3, -0.25) is 4.90 Å². The van der Waals surface area contributed by atoms with Crippen LogP contribution in [0, 0.1) is 11.8 Å². The second kappa shape index (κ2) is 5.89. The molecule has 0 aromatic rings. The van der Waals surface area contributed by atoms with Crippen LogP contribution in [0.25, 0.3) is 0 Å². The van der Waals surface area contributed by atoms with Crippen molar-refractivity contribution in [1.29, 1.82) is 0 Å². The molecule has 0 aromatic heterocycles. The molecule has 0 aromatic carbocycles. The molecule has 18 heavy (non-hydrogen) atoms. The van der Waals surface area contributed by atoms with E-state index in [4.69, 9.17) is 4.74 Å². The van der Waals surface area contributed by atoms with Gasteiger partial charge in [-0.1, -0.05) is 13.8 Å². The van der Waals surface area contributed by atoms with Gasteiger partial charge >= 0.3 is 0 Å². The average molecular weight is 254 g/mol. The van der Waals surface area contributed by atoms with Gasteiger partial charge in [0.15, 0.2) is 0 Å². The molecular formula is C15H30N2O. The minimum atomic E-state index is 0.222. The van der Waals surface area contributed by atoms with Crippen molar-refractivity contribution in [3.05, 3.63) is 0 Å². The summed E-state index contributed by atoms with van der Waals surface area (Å²) < 4.78 is 5.62. The van der Waals surface area contributed by atoms with Crippen molar-refractivity contribution in [3.8, 4) is 0 Å². The number of nitrogens with zero attached hydrogens (tertiary/aromatic N) is 1. The summed E-state index contributed by atoms with van der Waals surface area (Å²) >= 11 is 0. The Bertz CT molecular complexity index is 265. The normalized spacial score (nSPS) is 32.5. The molecule has 1 saturated carbocycles. The number of morpholine rings is 1. The van der Waals surface area contributed by atoms with Gasteiger partial charge in [0.05, 0.1) is 13.2 Å². The Hall–Kier alpha value is -0.120. The van der Waals surface area contributed by atoms with Gasteiger partial charge in [0.1, 0.15) is 0 Å². The van der Waals surface area contributed by atoms with E-state index in [0.29, 0.717) is 0 Å². The van der Waals surface area contributed by atoms with E-state index in [1.807, 2.05) is 0 Å². The molecule has 3 heteroatoms. The summed E-state index contributed by atoms with van der Waals surface area (Å²) in [6, 6.07) is 0.781. The van der Waals surface area contributed by atoms with E-state index >= 15 is 0 Å². The Morgan fingerprint density at radius 2 is 2.11 bits per heavy atom. The summed E-state index contributed by atoms with van der Waals surface area (Å²) in [6.45, 7) is 14.4. The molecule has 2 fully saturated rings. The number of hydrogen-bond acceptors (Lipinski definition) is 3. The molecule has 0 bridgehead atoms. The first-order valence-electron chi connectivity index (χ1n) is 7.56. The molecule has 1 aliphatic heterocycles. The van der Waals surface area contributed by atoms with Gasteiger partial charge in [0.25, 0.3) is 0 Å². The molecule has 1 saturated heterocycles. The Labute approximate surface area is 112 Å². The molecule has 106 valence electrons. The highest BCUT2D eigenvalue weighted by atomic mass is 16.5. The Morgan fingerprint density at radius 1 is 1.33 bits per heavy atom. The first kappa shape index (κ1) is 14.3. The highest BCUT2D eigenvalue weighted by Gasteiger charge is 2.42. The summed E-state index contributed by atoms with van der Waals surface area (Å²) in [5.41, 5.74) is 0.222. The lowest BCUT2D eigenvalue weighted by Gasteiger charge is -2.53. The standard InChI is InChI=1S/C15H30N2O/c1-12(2)9-16-10-13-5-6-14(13)17-7-8-18-11-15(17,3)4/h12-14,16H,5-11H2,1-4H3. The number of rotatable bonds is 5. The first-order chi connectivity index (χ1) is 8.50. The third-order valence-electron chi connectivity index (χ3n) is 4.45. The van der Waals surface area contributed by atoms with Crippen LogP contribution in [0.4, 0.5) is 0 Å². The first-order valence-corrected chi connectivity index (χ1v) is 7.56. The van der Waals surface area contributed by atoms with E-state index in [2.05, 4.69) is 37.9 Å². The fraction of sp³-hybridized carbons (Fsp3) is 1.00. The van der Waals surface area contributed by atoms with Crippen LogP contribution in [-0.2, 0) is 4.74 Å². The van der Waals surface area contributed by atoms with Crippen LogP contribution >= 0.6 is 0 Å². The van der Waals surface area contributed by atoms with Gasteiger partial charge in [0.2, 0.25) is 0 Å². The zero-order valence-corrected chi connectivity index (χ0v) is 12.5. The van der Waals surface area contributed by atoms with Crippen LogP contribution in [0.15, 0.2) is 0 Å². The molecule has 1 aliphatic carbocycles. The molecule has 2 aliphatic rings. The van der Waals surface area contributed by atoms with Gasteiger partial charge < -0.3 is 10.1 Å². The Morgan fingerprint density at radius 3 is 2.67 bits per heavy atom. The minimum Gasteiger partial charge on any atom is -0.378 e. The smallest absolute Gasteiger partial charge is 0.0645 e.